The highest BCUT2D eigenvalue weighted by Crippen LogP contribution is 2.33. The van der Waals surface area contributed by atoms with E-state index in [0.717, 1.165) is 46.1 Å². The van der Waals surface area contributed by atoms with Gasteiger partial charge in [0.25, 0.3) is 0 Å². The predicted molar refractivity (Wildman–Crippen MR) is 119 cm³/mol. The van der Waals surface area contributed by atoms with Crippen LogP contribution in [-0.4, -0.2) is 25.3 Å². The second kappa shape index (κ2) is 8.04. The van der Waals surface area contributed by atoms with Crippen LogP contribution < -0.4 is 5.73 Å². The number of nitrogen functional groups attached to an aromatic ring is 1. The monoisotopic (exact) mass is 407 g/mol. The number of carbonyl (C=O) groups excluding carboxylic acids is 1. The minimum atomic E-state index is 0.192. The van der Waals surface area contributed by atoms with Gasteiger partial charge in [-0.2, -0.15) is 0 Å². The fourth-order valence-corrected chi connectivity index (χ4v) is 3.66. The van der Waals surface area contributed by atoms with E-state index < -0.39 is 0 Å². The highest BCUT2D eigenvalue weighted by Gasteiger charge is 2.24. The number of hydrogen-bond donors (Lipinski definition) is 1. The van der Waals surface area contributed by atoms with Crippen molar-refractivity contribution in [1.29, 1.82) is 0 Å². The Morgan fingerprint density at radius 1 is 1.16 bits per heavy atom. The normalized spacial score (nSPS) is 13.0. The number of ketones is 1. The molecule has 0 amide bonds. The van der Waals surface area contributed by atoms with E-state index in [1.54, 1.807) is 6.20 Å². The van der Waals surface area contributed by atoms with Gasteiger partial charge >= 0.3 is 0 Å². The molecule has 3 aromatic heterocycles. The molecule has 6 nitrogen and oxygen atoms in total. The summed E-state index contributed by atoms with van der Waals surface area (Å²) in [5, 5.41) is 0.736. The maximum atomic E-state index is 12.4. The number of anilines is 1. The number of fused-ring (bicyclic) bond motifs is 1. The fourth-order valence-electron chi connectivity index (χ4n) is 3.66. The lowest BCUT2D eigenvalue weighted by molar-refractivity contribution is 0.0976. The molecule has 2 N–H and O–H groups in total. The number of carbonyl (C=O) groups is 1. The Bertz CT molecular complexity index is 1330. The molecule has 1 saturated carbocycles. The number of nitrogens with zero attached hydrogens (tertiary/aromatic N) is 4. The molecule has 5 rings (SSSR count). The number of pyridine rings is 1. The van der Waals surface area contributed by atoms with Crippen molar-refractivity contribution in [1.82, 2.24) is 19.5 Å². The third-order valence-electron chi connectivity index (χ3n) is 5.46. The van der Waals surface area contributed by atoms with Gasteiger partial charge in [-0.15, -0.1) is 0 Å². The Morgan fingerprint density at radius 3 is 2.87 bits per heavy atom. The molecular weight excluding hydrogens is 386 g/mol. The summed E-state index contributed by atoms with van der Waals surface area (Å²) >= 11 is 0. The lowest BCUT2D eigenvalue weighted by Crippen LogP contribution is -2.00. The standard InChI is InChI=1S/C25H21N5O/c26-24-23-21(9-8-17-3-1-5-20(11-17)22(31)12-18-6-7-18)15-30(25(23)29-16-28-24)14-19-4-2-10-27-13-19/h1-5,10-11,13,15-16,18H,6-7,12,14H2,(H2,26,28,29). The quantitative estimate of drug-likeness (QED) is 0.401. The molecule has 0 aliphatic heterocycles. The number of nitrogens with two attached hydrogens (primary N) is 1. The molecule has 1 fully saturated rings. The van der Waals surface area contributed by atoms with E-state index in [1.165, 1.54) is 6.33 Å². The highest BCUT2D eigenvalue weighted by atomic mass is 16.1. The minimum Gasteiger partial charge on any atom is -0.383 e. The van der Waals surface area contributed by atoms with E-state index in [0.29, 0.717) is 24.7 Å². The number of benzene rings is 1. The summed E-state index contributed by atoms with van der Waals surface area (Å²) < 4.78 is 2.00. The molecule has 152 valence electrons. The number of Topliss-reactive ketones (excluding diaryl/α,β-unsaturated/α-hetero) is 1. The van der Waals surface area contributed by atoms with Crippen molar-refractivity contribution < 1.29 is 4.79 Å². The van der Waals surface area contributed by atoms with Gasteiger partial charge in [-0.05, 0) is 42.5 Å². The first-order chi connectivity index (χ1) is 15.2. The van der Waals surface area contributed by atoms with Gasteiger partial charge in [0.1, 0.15) is 17.8 Å². The van der Waals surface area contributed by atoms with Gasteiger partial charge in [-0.25, -0.2) is 9.97 Å². The SMILES string of the molecule is Nc1ncnc2c1c(C#Cc1cccc(C(=O)CC3CC3)c1)cn2Cc1cccnc1. The average molecular weight is 407 g/mol. The Balaban J connectivity index is 1.49. The number of aromatic nitrogens is 4. The summed E-state index contributed by atoms with van der Waals surface area (Å²) in [5.41, 5.74) is 10.2. The third-order valence-corrected chi connectivity index (χ3v) is 5.46. The van der Waals surface area contributed by atoms with Crippen LogP contribution >= 0.6 is 0 Å². The Hall–Kier alpha value is -3.98. The summed E-state index contributed by atoms with van der Waals surface area (Å²) in [5.74, 6) is 7.55. The van der Waals surface area contributed by atoms with E-state index in [4.69, 9.17) is 5.73 Å². The topological polar surface area (TPSA) is 86.7 Å². The molecule has 3 heterocycles. The van der Waals surface area contributed by atoms with Gasteiger partial charge in [0.05, 0.1) is 17.5 Å². The maximum absolute atomic E-state index is 12.4. The Morgan fingerprint density at radius 2 is 2.06 bits per heavy atom. The van der Waals surface area contributed by atoms with Gasteiger partial charge in [0.2, 0.25) is 0 Å². The van der Waals surface area contributed by atoms with Crippen LogP contribution in [0.15, 0.2) is 61.3 Å². The molecular formula is C25H21N5O. The number of hydrogen-bond acceptors (Lipinski definition) is 5. The van der Waals surface area contributed by atoms with Crippen molar-refractivity contribution >= 4 is 22.6 Å². The third kappa shape index (κ3) is 4.17. The zero-order valence-electron chi connectivity index (χ0n) is 17.0. The number of rotatable bonds is 5. The molecule has 0 saturated heterocycles. The van der Waals surface area contributed by atoms with E-state index in [2.05, 4.69) is 26.8 Å². The van der Waals surface area contributed by atoms with Crippen molar-refractivity contribution in [3.63, 3.8) is 0 Å². The first-order valence-electron chi connectivity index (χ1n) is 10.3. The summed E-state index contributed by atoms with van der Waals surface area (Å²) in [7, 11) is 0. The second-order valence-electron chi connectivity index (χ2n) is 7.89. The molecule has 1 aliphatic carbocycles. The first kappa shape index (κ1) is 19.0. The zero-order chi connectivity index (χ0) is 21.2. The molecule has 0 spiro atoms. The van der Waals surface area contributed by atoms with Crippen LogP contribution in [-0.2, 0) is 6.54 Å². The summed E-state index contributed by atoms with van der Waals surface area (Å²) in [4.78, 5) is 25.2. The van der Waals surface area contributed by atoms with Crippen molar-refractivity contribution in [2.75, 3.05) is 5.73 Å². The van der Waals surface area contributed by atoms with Crippen LogP contribution in [0.3, 0.4) is 0 Å². The summed E-state index contributed by atoms with van der Waals surface area (Å²) in [6.07, 6.45) is 9.94. The summed E-state index contributed by atoms with van der Waals surface area (Å²) in [6, 6.07) is 11.4. The fraction of sp³-hybridized carbons (Fsp3) is 0.200. The Labute approximate surface area is 180 Å². The van der Waals surface area contributed by atoms with Crippen molar-refractivity contribution in [2.24, 2.45) is 5.92 Å². The molecule has 0 unspecified atom stereocenters. The van der Waals surface area contributed by atoms with E-state index in [9.17, 15) is 4.79 Å². The Kier molecular flexibility index (Phi) is 4.93. The van der Waals surface area contributed by atoms with E-state index >= 15 is 0 Å². The van der Waals surface area contributed by atoms with Crippen LogP contribution in [0.5, 0.6) is 0 Å². The second-order valence-corrected chi connectivity index (χ2v) is 7.89. The van der Waals surface area contributed by atoms with Crippen LogP contribution in [0.25, 0.3) is 11.0 Å². The summed E-state index contributed by atoms with van der Waals surface area (Å²) in [6.45, 7) is 0.605. The predicted octanol–water partition coefficient (Wildman–Crippen LogP) is 3.84. The maximum Gasteiger partial charge on any atom is 0.163 e. The smallest absolute Gasteiger partial charge is 0.163 e. The molecule has 6 heteroatoms. The van der Waals surface area contributed by atoms with Crippen LogP contribution in [0, 0.1) is 17.8 Å². The van der Waals surface area contributed by atoms with Crippen LogP contribution in [0.4, 0.5) is 5.82 Å². The van der Waals surface area contributed by atoms with E-state index in [1.807, 2.05) is 53.4 Å². The molecule has 4 aromatic rings. The molecule has 0 bridgehead atoms. The molecule has 31 heavy (non-hydrogen) atoms. The van der Waals surface area contributed by atoms with Crippen molar-refractivity contribution in [3.8, 4) is 11.8 Å². The highest BCUT2D eigenvalue weighted by molar-refractivity contribution is 5.97. The molecule has 1 aromatic carbocycles. The average Bonchev–Trinajstić information content (AvgIpc) is 3.54. The van der Waals surface area contributed by atoms with Gasteiger partial charge < -0.3 is 10.3 Å². The van der Waals surface area contributed by atoms with E-state index in [-0.39, 0.29) is 5.78 Å². The largest absolute Gasteiger partial charge is 0.383 e. The van der Waals surface area contributed by atoms with Crippen LogP contribution in [0.1, 0.15) is 46.3 Å². The lowest BCUT2D eigenvalue weighted by Gasteiger charge is -2.04. The van der Waals surface area contributed by atoms with Crippen LogP contribution in [0.2, 0.25) is 0 Å². The van der Waals surface area contributed by atoms with Crippen molar-refractivity contribution in [3.05, 3.63) is 83.6 Å². The van der Waals surface area contributed by atoms with Gasteiger partial charge in [0, 0.05) is 36.1 Å². The molecule has 1 aliphatic rings. The van der Waals surface area contributed by atoms with Crippen molar-refractivity contribution in [2.45, 2.75) is 25.8 Å². The molecule has 0 radical (unpaired) electrons. The zero-order valence-corrected chi connectivity index (χ0v) is 17.0. The molecule has 0 atom stereocenters. The van der Waals surface area contributed by atoms with Gasteiger partial charge in [0.15, 0.2) is 5.78 Å². The lowest BCUT2D eigenvalue weighted by atomic mass is 10.0. The minimum absolute atomic E-state index is 0.192. The first-order valence-corrected chi connectivity index (χ1v) is 10.3. The van der Waals surface area contributed by atoms with Gasteiger partial charge in [-0.1, -0.05) is 30.0 Å². The van der Waals surface area contributed by atoms with Gasteiger partial charge in [-0.3, -0.25) is 9.78 Å².